The molecule has 3 heterocycles. The molecule has 2 fully saturated rings. The van der Waals surface area contributed by atoms with Crippen LogP contribution in [0.3, 0.4) is 0 Å². The molecule has 0 radical (unpaired) electrons. The smallest absolute Gasteiger partial charge is 0.226 e. The van der Waals surface area contributed by atoms with Gasteiger partial charge in [0.15, 0.2) is 0 Å². The monoisotopic (exact) mass is 289 g/mol. The number of piperidine rings is 1. The predicted octanol–water partition coefficient (Wildman–Crippen LogP) is 2.47. The van der Waals surface area contributed by atoms with Crippen molar-refractivity contribution in [3.63, 3.8) is 0 Å². The van der Waals surface area contributed by atoms with Crippen molar-refractivity contribution in [2.75, 3.05) is 19.6 Å². The molecule has 1 amide bonds. The van der Waals surface area contributed by atoms with Gasteiger partial charge in [-0.1, -0.05) is 12.8 Å². The summed E-state index contributed by atoms with van der Waals surface area (Å²) in [5.74, 6) is 0.622. The summed E-state index contributed by atoms with van der Waals surface area (Å²) < 4.78 is 2.18. The molecular formula is C17H27N3O. The second kappa shape index (κ2) is 6.65. The first-order valence-corrected chi connectivity index (χ1v) is 8.40. The average Bonchev–Trinajstić information content (AvgIpc) is 2.80. The highest BCUT2D eigenvalue weighted by atomic mass is 16.2. The van der Waals surface area contributed by atoms with Gasteiger partial charge in [-0.3, -0.25) is 4.79 Å². The fraction of sp³-hybridized carbons (Fsp3) is 0.706. The van der Waals surface area contributed by atoms with Crippen LogP contribution in [0.15, 0.2) is 18.3 Å². The number of nitrogens with one attached hydrogen (secondary N) is 1. The second-order valence-electron chi connectivity index (χ2n) is 6.46. The minimum absolute atomic E-state index is 0.229. The lowest BCUT2D eigenvalue weighted by Crippen LogP contribution is -2.43. The average molecular weight is 289 g/mol. The van der Waals surface area contributed by atoms with Crippen molar-refractivity contribution < 1.29 is 4.79 Å². The Morgan fingerprint density at radius 1 is 1.19 bits per heavy atom. The summed E-state index contributed by atoms with van der Waals surface area (Å²) in [6.45, 7) is 2.90. The number of carbonyl (C=O) groups excluding carboxylic acids is 1. The molecule has 0 spiro atoms. The highest BCUT2D eigenvalue weighted by Gasteiger charge is 2.32. The molecule has 21 heavy (non-hydrogen) atoms. The zero-order chi connectivity index (χ0) is 14.7. The van der Waals surface area contributed by atoms with Gasteiger partial charge in [-0.05, 0) is 50.9 Å². The molecule has 1 N–H and O–H groups in total. The third-order valence-corrected chi connectivity index (χ3v) is 5.05. The number of rotatable bonds is 2. The third-order valence-electron chi connectivity index (χ3n) is 5.05. The zero-order valence-electron chi connectivity index (χ0n) is 13.1. The van der Waals surface area contributed by atoms with Gasteiger partial charge in [-0.15, -0.1) is 0 Å². The molecule has 1 aromatic rings. The van der Waals surface area contributed by atoms with Crippen molar-refractivity contribution >= 4 is 5.91 Å². The van der Waals surface area contributed by atoms with Gasteiger partial charge in [-0.2, -0.15) is 0 Å². The quantitative estimate of drug-likeness (QED) is 0.908. The van der Waals surface area contributed by atoms with E-state index in [4.69, 9.17) is 0 Å². The van der Waals surface area contributed by atoms with Crippen LogP contribution in [-0.2, 0) is 11.8 Å². The summed E-state index contributed by atoms with van der Waals surface area (Å²) in [4.78, 5) is 15.2. The van der Waals surface area contributed by atoms with Gasteiger partial charge in [0.05, 0.1) is 6.04 Å². The zero-order valence-corrected chi connectivity index (χ0v) is 13.1. The molecule has 0 aliphatic carbocycles. The van der Waals surface area contributed by atoms with Gasteiger partial charge in [-0.25, -0.2) is 0 Å². The largest absolute Gasteiger partial charge is 0.353 e. The van der Waals surface area contributed by atoms with Crippen molar-refractivity contribution in [1.29, 1.82) is 0 Å². The van der Waals surface area contributed by atoms with Crippen molar-refractivity contribution in [2.24, 2.45) is 13.0 Å². The van der Waals surface area contributed by atoms with Crippen LogP contribution < -0.4 is 5.32 Å². The standard InChI is InChI=1S/C17H27N3O/c1-19-12-5-7-15(19)16-6-3-2-4-13-20(16)17(21)14-8-10-18-11-9-14/h5,7,12,14,16,18H,2-4,6,8-11,13H2,1H3. The van der Waals surface area contributed by atoms with Crippen LogP contribution >= 0.6 is 0 Å². The second-order valence-corrected chi connectivity index (χ2v) is 6.46. The van der Waals surface area contributed by atoms with E-state index >= 15 is 0 Å². The number of carbonyl (C=O) groups is 1. The molecule has 2 aliphatic heterocycles. The Morgan fingerprint density at radius 2 is 2.00 bits per heavy atom. The highest BCUT2D eigenvalue weighted by molar-refractivity contribution is 5.79. The number of aromatic nitrogens is 1. The van der Waals surface area contributed by atoms with E-state index in [0.717, 1.165) is 45.3 Å². The van der Waals surface area contributed by atoms with Crippen LogP contribution in [0.4, 0.5) is 0 Å². The number of hydrogen-bond donors (Lipinski definition) is 1. The molecular weight excluding hydrogens is 262 g/mol. The lowest BCUT2D eigenvalue weighted by Gasteiger charge is -2.34. The van der Waals surface area contributed by atoms with E-state index in [1.54, 1.807) is 0 Å². The number of amides is 1. The molecule has 4 nitrogen and oxygen atoms in total. The van der Waals surface area contributed by atoms with Crippen LogP contribution in [0.2, 0.25) is 0 Å². The molecule has 0 saturated carbocycles. The van der Waals surface area contributed by atoms with Gasteiger partial charge in [0.1, 0.15) is 0 Å². The molecule has 1 unspecified atom stereocenters. The predicted molar refractivity (Wildman–Crippen MR) is 83.9 cm³/mol. The van der Waals surface area contributed by atoms with E-state index in [-0.39, 0.29) is 12.0 Å². The summed E-state index contributed by atoms with van der Waals surface area (Å²) in [5.41, 5.74) is 1.29. The Hall–Kier alpha value is -1.29. The third kappa shape index (κ3) is 3.15. The summed E-state index contributed by atoms with van der Waals surface area (Å²) in [6.07, 6.45) is 8.81. The Bertz CT molecular complexity index is 476. The Kier molecular flexibility index (Phi) is 4.63. The van der Waals surface area contributed by atoms with Crippen LogP contribution in [0.25, 0.3) is 0 Å². The normalized spacial score (nSPS) is 24.8. The molecule has 3 rings (SSSR count). The molecule has 2 saturated heterocycles. The van der Waals surface area contributed by atoms with Crippen molar-refractivity contribution in [3.05, 3.63) is 24.0 Å². The van der Waals surface area contributed by atoms with Gasteiger partial charge in [0, 0.05) is 31.4 Å². The molecule has 0 bridgehead atoms. The number of aryl methyl sites for hydroxylation is 1. The number of nitrogens with zero attached hydrogens (tertiary/aromatic N) is 2. The minimum Gasteiger partial charge on any atom is -0.353 e. The topological polar surface area (TPSA) is 37.3 Å². The first-order chi connectivity index (χ1) is 10.3. The van der Waals surface area contributed by atoms with E-state index in [9.17, 15) is 4.79 Å². The molecule has 0 aromatic carbocycles. The molecule has 1 aromatic heterocycles. The molecule has 2 aliphatic rings. The van der Waals surface area contributed by atoms with E-state index in [0.29, 0.717) is 5.91 Å². The van der Waals surface area contributed by atoms with Gasteiger partial charge in [0.2, 0.25) is 5.91 Å². The number of likely N-dealkylation sites (tertiary alicyclic amines) is 1. The summed E-state index contributed by atoms with van der Waals surface area (Å²) in [7, 11) is 2.09. The highest BCUT2D eigenvalue weighted by Crippen LogP contribution is 2.32. The Balaban J connectivity index is 1.81. The van der Waals surface area contributed by atoms with Crippen LogP contribution in [0.5, 0.6) is 0 Å². The maximum absolute atomic E-state index is 13.0. The van der Waals surface area contributed by atoms with Crippen LogP contribution in [0, 0.1) is 5.92 Å². The summed E-state index contributed by atoms with van der Waals surface area (Å²) in [6, 6.07) is 4.54. The molecule has 1 atom stereocenters. The van der Waals surface area contributed by atoms with E-state index in [2.05, 4.69) is 40.2 Å². The molecule has 116 valence electrons. The first kappa shape index (κ1) is 14.6. The van der Waals surface area contributed by atoms with E-state index in [1.165, 1.54) is 18.5 Å². The van der Waals surface area contributed by atoms with Gasteiger partial charge < -0.3 is 14.8 Å². The van der Waals surface area contributed by atoms with Gasteiger partial charge in [0.25, 0.3) is 0 Å². The van der Waals surface area contributed by atoms with Crippen LogP contribution in [-0.4, -0.2) is 35.0 Å². The number of hydrogen-bond acceptors (Lipinski definition) is 2. The summed E-state index contributed by atoms with van der Waals surface area (Å²) in [5, 5.41) is 3.36. The first-order valence-electron chi connectivity index (χ1n) is 8.40. The van der Waals surface area contributed by atoms with E-state index in [1.807, 2.05) is 0 Å². The minimum atomic E-state index is 0.229. The van der Waals surface area contributed by atoms with Crippen LogP contribution in [0.1, 0.15) is 50.3 Å². The lowest BCUT2D eigenvalue weighted by atomic mass is 9.95. The molecule has 4 heteroatoms. The summed E-state index contributed by atoms with van der Waals surface area (Å²) >= 11 is 0. The fourth-order valence-corrected chi connectivity index (χ4v) is 3.80. The Morgan fingerprint density at radius 3 is 2.71 bits per heavy atom. The fourth-order valence-electron chi connectivity index (χ4n) is 3.80. The van der Waals surface area contributed by atoms with E-state index < -0.39 is 0 Å². The SMILES string of the molecule is Cn1cccc1C1CCCCCN1C(=O)C1CCNCC1. The van der Waals surface area contributed by atoms with Crippen molar-refractivity contribution in [3.8, 4) is 0 Å². The van der Waals surface area contributed by atoms with Crippen molar-refractivity contribution in [1.82, 2.24) is 14.8 Å². The maximum Gasteiger partial charge on any atom is 0.226 e. The lowest BCUT2D eigenvalue weighted by molar-refractivity contribution is -0.139. The maximum atomic E-state index is 13.0. The van der Waals surface area contributed by atoms with Gasteiger partial charge >= 0.3 is 0 Å². The van der Waals surface area contributed by atoms with Crippen molar-refractivity contribution in [2.45, 2.75) is 44.6 Å². The Labute approximate surface area is 127 Å².